The molecule has 1 rings (SSSR count). The second kappa shape index (κ2) is 8.18. The summed E-state index contributed by atoms with van der Waals surface area (Å²) in [5.41, 5.74) is 1.07. The molecule has 4 heteroatoms. The van der Waals surface area contributed by atoms with E-state index in [0.717, 1.165) is 18.7 Å². The van der Waals surface area contributed by atoms with E-state index < -0.39 is 0 Å². The molecule has 3 nitrogen and oxygen atoms in total. The number of hydrogen-bond donors (Lipinski definition) is 0. The van der Waals surface area contributed by atoms with Gasteiger partial charge in [0.25, 0.3) is 0 Å². The number of halogens is 1. The second-order valence-electron chi connectivity index (χ2n) is 4.50. The molecule has 1 aromatic rings. The van der Waals surface area contributed by atoms with Crippen LogP contribution < -0.4 is 0 Å². The lowest BCUT2D eigenvalue weighted by molar-refractivity contribution is -0.132. The van der Waals surface area contributed by atoms with Crippen LogP contribution in [0, 0.1) is 0 Å². The molecule has 0 bridgehead atoms. The summed E-state index contributed by atoms with van der Waals surface area (Å²) in [6.45, 7) is 9.78. The summed E-state index contributed by atoms with van der Waals surface area (Å²) in [5, 5.41) is 0.713. The minimum atomic E-state index is 0.172. The zero-order valence-corrected chi connectivity index (χ0v) is 12.8. The van der Waals surface area contributed by atoms with Crippen molar-refractivity contribution in [1.29, 1.82) is 0 Å². The topological polar surface area (TPSA) is 23.6 Å². The Kier molecular flexibility index (Phi) is 6.89. The third-order valence-electron chi connectivity index (χ3n) is 3.25. The van der Waals surface area contributed by atoms with E-state index >= 15 is 0 Å². The first-order valence-corrected chi connectivity index (χ1v) is 7.23. The number of hydrogen-bond acceptors (Lipinski definition) is 2. The predicted octanol–water partition coefficient (Wildman–Crippen LogP) is 3.03. The number of carbonyl (C=O) groups excluding carboxylic acids is 1. The van der Waals surface area contributed by atoms with E-state index in [1.165, 1.54) is 0 Å². The normalized spacial score (nSPS) is 10.8. The van der Waals surface area contributed by atoms with Gasteiger partial charge in [-0.1, -0.05) is 37.6 Å². The Labute approximate surface area is 121 Å². The molecule has 0 heterocycles. The molecule has 0 N–H and O–H groups in total. The first-order chi connectivity index (χ1) is 9.10. The molecule has 0 unspecified atom stereocenters. The van der Waals surface area contributed by atoms with Crippen LogP contribution >= 0.6 is 11.6 Å². The van der Waals surface area contributed by atoms with E-state index in [2.05, 4.69) is 18.7 Å². The van der Waals surface area contributed by atoms with Gasteiger partial charge in [-0.25, -0.2) is 0 Å². The van der Waals surface area contributed by atoms with Crippen molar-refractivity contribution in [3.8, 4) is 0 Å². The van der Waals surface area contributed by atoms with E-state index in [1.54, 1.807) is 0 Å². The zero-order chi connectivity index (χ0) is 14.3. The van der Waals surface area contributed by atoms with Crippen LogP contribution in [-0.4, -0.2) is 41.9 Å². The fourth-order valence-corrected chi connectivity index (χ4v) is 2.18. The van der Waals surface area contributed by atoms with E-state index in [9.17, 15) is 4.79 Å². The summed E-state index contributed by atoms with van der Waals surface area (Å²) < 4.78 is 0. The molecule has 1 aromatic carbocycles. The molecule has 0 fully saturated rings. The Bertz CT molecular complexity index is 405. The minimum Gasteiger partial charge on any atom is -0.338 e. The number of likely N-dealkylation sites (N-methyl/N-ethyl adjacent to an activating group) is 2. The van der Waals surface area contributed by atoms with Gasteiger partial charge in [0.1, 0.15) is 0 Å². The third kappa shape index (κ3) is 5.21. The summed E-state index contributed by atoms with van der Waals surface area (Å²) in [6, 6.07) is 7.67. The summed E-state index contributed by atoms with van der Waals surface area (Å²) in [6.07, 6.45) is 0. The molecule has 0 aliphatic carbocycles. The van der Waals surface area contributed by atoms with Crippen LogP contribution in [0.1, 0.15) is 26.3 Å². The highest BCUT2D eigenvalue weighted by Crippen LogP contribution is 2.12. The van der Waals surface area contributed by atoms with E-state index in [0.29, 0.717) is 24.7 Å². The molecule has 0 saturated carbocycles. The summed E-state index contributed by atoms with van der Waals surface area (Å²) in [5.74, 6) is 0.172. The smallest absolute Gasteiger partial charge is 0.237 e. The molecule has 0 radical (unpaired) electrons. The van der Waals surface area contributed by atoms with Crippen molar-refractivity contribution in [2.24, 2.45) is 0 Å². The number of carbonyl (C=O) groups is 1. The summed E-state index contributed by atoms with van der Waals surface area (Å²) >= 11 is 5.97. The van der Waals surface area contributed by atoms with Crippen molar-refractivity contribution >= 4 is 17.5 Å². The summed E-state index contributed by atoms with van der Waals surface area (Å²) in [4.78, 5) is 16.2. The van der Waals surface area contributed by atoms with E-state index in [-0.39, 0.29) is 5.91 Å². The van der Waals surface area contributed by atoms with Gasteiger partial charge in [-0.3, -0.25) is 9.69 Å². The van der Waals surface area contributed by atoms with Crippen molar-refractivity contribution in [1.82, 2.24) is 9.80 Å². The molecule has 19 heavy (non-hydrogen) atoms. The fourth-order valence-electron chi connectivity index (χ4n) is 1.97. The largest absolute Gasteiger partial charge is 0.338 e. The maximum Gasteiger partial charge on any atom is 0.237 e. The molecule has 0 spiro atoms. The average molecular weight is 283 g/mol. The Morgan fingerprint density at radius 1 is 1.16 bits per heavy atom. The van der Waals surface area contributed by atoms with Gasteiger partial charge in [0.15, 0.2) is 0 Å². The Morgan fingerprint density at radius 2 is 1.84 bits per heavy atom. The van der Waals surface area contributed by atoms with Crippen LogP contribution in [0.2, 0.25) is 5.02 Å². The van der Waals surface area contributed by atoms with Crippen LogP contribution in [0.4, 0.5) is 0 Å². The lowest BCUT2D eigenvalue weighted by Crippen LogP contribution is -2.39. The number of nitrogens with zero attached hydrogens (tertiary/aromatic N) is 2. The zero-order valence-electron chi connectivity index (χ0n) is 12.0. The molecular weight excluding hydrogens is 260 g/mol. The van der Waals surface area contributed by atoms with Gasteiger partial charge in [-0.2, -0.15) is 0 Å². The van der Waals surface area contributed by atoms with Crippen LogP contribution in [0.25, 0.3) is 0 Å². The van der Waals surface area contributed by atoms with E-state index in [4.69, 9.17) is 11.6 Å². The maximum atomic E-state index is 12.2. The van der Waals surface area contributed by atoms with Crippen molar-refractivity contribution in [2.75, 3.05) is 26.2 Å². The van der Waals surface area contributed by atoms with Gasteiger partial charge in [-0.15, -0.1) is 0 Å². The van der Waals surface area contributed by atoms with Crippen molar-refractivity contribution in [3.05, 3.63) is 34.9 Å². The van der Waals surface area contributed by atoms with Crippen LogP contribution in [0.5, 0.6) is 0 Å². The van der Waals surface area contributed by atoms with E-state index in [1.807, 2.05) is 36.1 Å². The molecule has 0 aliphatic rings. The standard InChI is InChI=1S/C15H23ClN2O/c1-4-17(5-2)12-15(19)18(6-3)11-13-8-7-9-14(16)10-13/h7-10H,4-6,11-12H2,1-3H3. The fraction of sp³-hybridized carbons (Fsp3) is 0.533. The number of benzene rings is 1. The van der Waals surface area contributed by atoms with Gasteiger partial charge in [-0.05, 0) is 37.7 Å². The lowest BCUT2D eigenvalue weighted by Gasteiger charge is -2.25. The minimum absolute atomic E-state index is 0.172. The van der Waals surface area contributed by atoms with Gasteiger partial charge in [0.2, 0.25) is 5.91 Å². The van der Waals surface area contributed by atoms with Gasteiger partial charge in [0, 0.05) is 18.1 Å². The molecule has 106 valence electrons. The molecular formula is C15H23ClN2O. The first kappa shape index (κ1) is 16.0. The van der Waals surface area contributed by atoms with Crippen molar-refractivity contribution < 1.29 is 4.79 Å². The molecule has 0 atom stereocenters. The molecule has 1 amide bonds. The van der Waals surface area contributed by atoms with Crippen LogP contribution in [-0.2, 0) is 11.3 Å². The highest BCUT2D eigenvalue weighted by atomic mass is 35.5. The quantitative estimate of drug-likeness (QED) is 0.767. The highest BCUT2D eigenvalue weighted by Gasteiger charge is 2.14. The van der Waals surface area contributed by atoms with Crippen LogP contribution in [0.3, 0.4) is 0 Å². The number of rotatable bonds is 7. The molecule has 0 aliphatic heterocycles. The lowest BCUT2D eigenvalue weighted by atomic mass is 10.2. The van der Waals surface area contributed by atoms with Gasteiger partial charge >= 0.3 is 0 Å². The van der Waals surface area contributed by atoms with Gasteiger partial charge in [0.05, 0.1) is 6.54 Å². The first-order valence-electron chi connectivity index (χ1n) is 6.85. The van der Waals surface area contributed by atoms with Crippen molar-refractivity contribution in [3.63, 3.8) is 0 Å². The molecule has 0 saturated heterocycles. The predicted molar refractivity (Wildman–Crippen MR) is 80.3 cm³/mol. The average Bonchev–Trinajstić information content (AvgIpc) is 2.41. The highest BCUT2D eigenvalue weighted by molar-refractivity contribution is 6.30. The Morgan fingerprint density at radius 3 is 2.37 bits per heavy atom. The van der Waals surface area contributed by atoms with Crippen LogP contribution in [0.15, 0.2) is 24.3 Å². The molecule has 0 aromatic heterocycles. The monoisotopic (exact) mass is 282 g/mol. The van der Waals surface area contributed by atoms with Gasteiger partial charge < -0.3 is 4.90 Å². The Hall–Kier alpha value is -1.06. The maximum absolute atomic E-state index is 12.2. The summed E-state index contributed by atoms with van der Waals surface area (Å²) in [7, 11) is 0. The Balaban J connectivity index is 2.64. The number of amides is 1. The second-order valence-corrected chi connectivity index (χ2v) is 4.94. The van der Waals surface area contributed by atoms with Crippen molar-refractivity contribution in [2.45, 2.75) is 27.3 Å². The SMILES string of the molecule is CCN(CC)CC(=O)N(CC)Cc1cccc(Cl)c1. The third-order valence-corrected chi connectivity index (χ3v) is 3.49.